The second kappa shape index (κ2) is 6.72. The Bertz CT molecular complexity index is 723. The van der Waals surface area contributed by atoms with Crippen LogP contribution in [0.3, 0.4) is 0 Å². The number of piperidine rings is 1. The molecule has 1 saturated carbocycles. The Kier molecular flexibility index (Phi) is 4.95. The monoisotopic (exact) mass is 364 g/mol. The topological polar surface area (TPSA) is 66.5 Å². The predicted octanol–water partition coefficient (Wildman–Crippen LogP) is 2.66. The fraction of sp³-hybridized carbons (Fsp3) is 0.632. The fourth-order valence-electron chi connectivity index (χ4n) is 3.18. The summed E-state index contributed by atoms with van der Waals surface area (Å²) in [6, 6.07) is 7.31. The molecule has 138 valence electrons. The predicted molar refractivity (Wildman–Crippen MR) is 97.8 cm³/mol. The molecule has 0 radical (unpaired) electrons. The van der Waals surface area contributed by atoms with Crippen LogP contribution in [0.25, 0.3) is 0 Å². The van der Waals surface area contributed by atoms with Gasteiger partial charge in [0, 0.05) is 25.0 Å². The Morgan fingerprint density at radius 3 is 2.08 bits per heavy atom. The average Bonchev–Trinajstić information content (AvgIpc) is 3.40. The molecule has 3 rings (SSSR count). The van der Waals surface area contributed by atoms with E-state index in [4.69, 9.17) is 0 Å². The maximum Gasteiger partial charge on any atom is 0.243 e. The van der Waals surface area contributed by atoms with Crippen molar-refractivity contribution in [3.8, 4) is 0 Å². The minimum absolute atomic E-state index is 0.000399. The van der Waals surface area contributed by atoms with Crippen molar-refractivity contribution in [1.29, 1.82) is 0 Å². The highest BCUT2D eigenvalue weighted by Crippen LogP contribution is 2.30. The number of sulfonamides is 1. The van der Waals surface area contributed by atoms with Crippen molar-refractivity contribution in [2.75, 3.05) is 13.1 Å². The van der Waals surface area contributed by atoms with Crippen LogP contribution in [0.1, 0.15) is 52.0 Å². The molecule has 1 saturated heterocycles. The van der Waals surface area contributed by atoms with Gasteiger partial charge in [0.2, 0.25) is 15.9 Å². The van der Waals surface area contributed by atoms with E-state index in [9.17, 15) is 13.2 Å². The van der Waals surface area contributed by atoms with E-state index in [1.54, 1.807) is 16.4 Å². The van der Waals surface area contributed by atoms with Crippen LogP contribution in [0.5, 0.6) is 0 Å². The largest absolute Gasteiger partial charge is 0.353 e. The quantitative estimate of drug-likeness (QED) is 0.893. The summed E-state index contributed by atoms with van der Waals surface area (Å²) in [4.78, 5) is 12.2. The third kappa shape index (κ3) is 4.23. The molecule has 2 fully saturated rings. The Morgan fingerprint density at radius 1 is 1.04 bits per heavy atom. The first kappa shape index (κ1) is 18.4. The van der Waals surface area contributed by atoms with E-state index >= 15 is 0 Å². The first-order chi connectivity index (χ1) is 11.7. The van der Waals surface area contributed by atoms with Gasteiger partial charge in [-0.2, -0.15) is 4.31 Å². The maximum atomic E-state index is 12.8. The smallest absolute Gasteiger partial charge is 0.243 e. The highest BCUT2D eigenvalue weighted by atomic mass is 32.2. The Balaban J connectivity index is 1.62. The van der Waals surface area contributed by atoms with E-state index in [1.165, 1.54) is 0 Å². The number of carbonyl (C=O) groups excluding carboxylic acids is 1. The van der Waals surface area contributed by atoms with Crippen molar-refractivity contribution in [3.05, 3.63) is 29.8 Å². The number of rotatable bonds is 4. The summed E-state index contributed by atoms with van der Waals surface area (Å²) in [6.07, 6.45) is 3.34. The molecule has 1 aliphatic heterocycles. The zero-order chi connectivity index (χ0) is 18.2. The third-order valence-electron chi connectivity index (χ3n) is 5.11. The normalized spacial score (nSPS) is 20.4. The van der Waals surface area contributed by atoms with Gasteiger partial charge in [-0.05, 0) is 48.8 Å². The zero-order valence-electron chi connectivity index (χ0n) is 15.3. The van der Waals surface area contributed by atoms with Crippen LogP contribution in [0.2, 0.25) is 0 Å². The van der Waals surface area contributed by atoms with Crippen LogP contribution in [-0.4, -0.2) is 37.8 Å². The van der Waals surface area contributed by atoms with Gasteiger partial charge in [-0.15, -0.1) is 0 Å². The lowest BCUT2D eigenvalue weighted by atomic mass is 9.87. The molecular weight excluding hydrogens is 336 g/mol. The van der Waals surface area contributed by atoms with Crippen LogP contribution in [0, 0.1) is 5.92 Å². The summed E-state index contributed by atoms with van der Waals surface area (Å²) in [5, 5.41) is 3.06. The minimum Gasteiger partial charge on any atom is -0.353 e. The van der Waals surface area contributed by atoms with Gasteiger partial charge < -0.3 is 5.32 Å². The average molecular weight is 365 g/mol. The van der Waals surface area contributed by atoms with E-state index < -0.39 is 10.0 Å². The third-order valence-corrected chi connectivity index (χ3v) is 7.02. The first-order valence-corrected chi connectivity index (χ1v) is 10.5. The summed E-state index contributed by atoms with van der Waals surface area (Å²) >= 11 is 0. The van der Waals surface area contributed by atoms with Crippen molar-refractivity contribution < 1.29 is 13.2 Å². The van der Waals surface area contributed by atoms with Gasteiger partial charge in [0.1, 0.15) is 0 Å². The molecule has 6 heteroatoms. The molecule has 25 heavy (non-hydrogen) atoms. The molecule has 1 aliphatic carbocycles. The molecule has 1 aromatic carbocycles. The standard InChI is InChI=1S/C19H28N2O3S/c1-19(2,3)15-6-8-17(9-7-15)25(23,24)21-12-10-16(11-13-21)20-18(22)14-4-5-14/h6-9,14,16H,4-5,10-13H2,1-3H3,(H,20,22). The number of hydrogen-bond acceptors (Lipinski definition) is 3. The molecule has 0 aromatic heterocycles. The van der Waals surface area contributed by atoms with E-state index in [-0.39, 0.29) is 23.3 Å². The molecule has 0 unspecified atom stereocenters. The lowest BCUT2D eigenvalue weighted by molar-refractivity contribution is -0.123. The number of amides is 1. The summed E-state index contributed by atoms with van der Waals surface area (Å²) in [7, 11) is -3.46. The van der Waals surface area contributed by atoms with Gasteiger partial charge in [-0.1, -0.05) is 32.9 Å². The molecule has 2 aliphatic rings. The molecule has 1 aromatic rings. The Hall–Kier alpha value is -1.40. The molecule has 1 amide bonds. The zero-order valence-corrected chi connectivity index (χ0v) is 16.1. The number of benzene rings is 1. The number of carbonyl (C=O) groups is 1. The van der Waals surface area contributed by atoms with E-state index in [2.05, 4.69) is 26.1 Å². The second-order valence-corrected chi connectivity index (χ2v) is 10.2. The van der Waals surface area contributed by atoms with Crippen LogP contribution >= 0.6 is 0 Å². The van der Waals surface area contributed by atoms with E-state index in [0.29, 0.717) is 30.8 Å². The van der Waals surface area contributed by atoms with E-state index in [1.807, 2.05) is 12.1 Å². The molecule has 0 atom stereocenters. The Morgan fingerprint density at radius 2 is 1.60 bits per heavy atom. The SMILES string of the molecule is CC(C)(C)c1ccc(S(=O)(=O)N2CCC(NC(=O)C3CC3)CC2)cc1. The fourth-order valence-corrected chi connectivity index (χ4v) is 4.65. The van der Waals surface area contributed by atoms with Crippen molar-refractivity contribution >= 4 is 15.9 Å². The van der Waals surface area contributed by atoms with Gasteiger partial charge >= 0.3 is 0 Å². The second-order valence-electron chi connectivity index (χ2n) is 8.24. The summed E-state index contributed by atoms with van der Waals surface area (Å²) in [5.74, 6) is 0.335. The molecule has 0 spiro atoms. The lowest BCUT2D eigenvalue weighted by Gasteiger charge is -2.31. The van der Waals surface area contributed by atoms with Crippen molar-refractivity contribution in [3.63, 3.8) is 0 Å². The summed E-state index contributed by atoms with van der Waals surface area (Å²) in [6.45, 7) is 7.24. The number of nitrogens with one attached hydrogen (secondary N) is 1. The van der Waals surface area contributed by atoms with Gasteiger partial charge in [-0.3, -0.25) is 4.79 Å². The lowest BCUT2D eigenvalue weighted by Crippen LogP contribution is -2.46. The summed E-state index contributed by atoms with van der Waals surface area (Å²) < 4.78 is 27.2. The molecule has 5 nitrogen and oxygen atoms in total. The van der Waals surface area contributed by atoms with Gasteiger partial charge in [0.25, 0.3) is 0 Å². The molecule has 1 N–H and O–H groups in total. The van der Waals surface area contributed by atoms with Crippen molar-refractivity contribution in [2.24, 2.45) is 5.92 Å². The van der Waals surface area contributed by atoms with Crippen molar-refractivity contribution in [2.45, 2.75) is 62.8 Å². The minimum atomic E-state index is -3.46. The van der Waals surface area contributed by atoms with Gasteiger partial charge in [0.05, 0.1) is 4.90 Å². The molecule has 0 bridgehead atoms. The maximum absolute atomic E-state index is 12.8. The number of nitrogens with zero attached hydrogens (tertiary/aromatic N) is 1. The van der Waals surface area contributed by atoms with Crippen LogP contribution < -0.4 is 5.32 Å². The highest BCUT2D eigenvalue weighted by Gasteiger charge is 2.34. The van der Waals surface area contributed by atoms with E-state index in [0.717, 1.165) is 18.4 Å². The molecule has 1 heterocycles. The first-order valence-electron chi connectivity index (χ1n) is 9.09. The Labute approximate surface area is 150 Å². The summed E-state index contributed by atoms with van der Waals surface area (Å²) in [5.41, 5.74) is 1.12. The van der Waals surface area contributed by atoms with Crippen molar-refractivity contribution in [1.82, 2.24) is 9.62 Å². The van der Waals surface area contributed by atoms with Crippen LogP contribution in [0.15, 0.2) is 29.2 Å². The van der Waals surface area contributed by atoms with Gasteiger partial charge in [0.15, 0.2) is 0 Å². The van der Waals surface area contributed by atoms with Crippen LogP contribution in [0.4, 0.5) is 0 Å². The van der Waals surface area contributed by atoms with Crippen LogP contribution in [-0.2, 0) is 20.2 Å². The molecular formula is C19H28N2O3S. The highest BCUT2D eigenvalue weighted by molar-refractivity contribution is 7.89. The van der Waals surface area contributed by atoms with Gasteiger partial charge in [-0.25, -0.2) is 8.42 Å². The number of hydrogen-bond donors (Lipinski definition) is 1.